The molecule has 7 nitrogen and oxygen atoms in total. The van der Waals surface area contributed by atoms with Crippen LogP contribution in [0.4, 0.5) is 5.69 Å². The maximum absolute atomic E-state index is 11.5. The van der Waals surface area contributed by atoms with Gasteiger partial charge in [-0.3, -0.25) is 0 Å². The summed E-state index contributed by atoms with van der Waals surface area (Å²) < 4.78 is 1.77. The molecule has 4 rings (SSSR count). The van der Waals surface area contributed by atoms with E-state index in [-0.39, 0.29) is 5.69 Å². The molecule has 0 amide bonds. The Labute approximate surface area is 149 Å². The molecule has 0 aliphatic heterocycles. The summed E-state index contributed by atoms with van der Waals surface area (Å²) in [6, 6.07) is 8.82. The molecular formula is C19H15N5O2. The first-order chi connectivity index (χ1) is 12.6. The van der Waals surface area contributed by atoms with E-state index in [4.69, 9.17) is 6.57 Å². The Balaban J connectivity index is 1.95. The minimum atomic E-state index is -1.05. The van der Waals surface area contributed by atoms with Gasteiger partial charge < -0.3 is 9.67 Å². The second-order valence-electron chi connectivity index (χ2n) is 6.35. The summed E-state index contributed by atoms with van der Waals surface area (Å²) in [6.45, 7) is 7.28. The Kier molecular flexibility index (Phi) is 3.73. The number of carboxylic acid groups (broad SMARTS) is 1. The smallest absolute Gasteiger partial charge is 0.354 e. The third kappa shape index (κ3) is 2.82. The Bertz CT molecular complexity index is 1060. The fourth-order valence-electron chi connectivity index (χ4n) is 2.97. The number of carbonyl (C=O) groups is 1. The lowest BCUT2D eigenvalue weighted by Crippen LogP contribution is -2.04. The van der Waals surface area contributed by atoms with E-state index in [1.54, 1.807) is 29.1 Å². The molecule has 7 heteroatoms. The number of rotatable bonds is 4. The second kappa shape index (κ2) is 6.08. The number of aromatic carboxylic acids is 1. The fourth-order valence-corrected chi connectivity index (χ4v) is 2.97. The summed E-state index contributed by atoms with van der Waals surface area (Å²) in [5, 5.41) is 17.5. The maximum atomic E-state index is 11.5. The maximum Gasteiger partial charge on any atom is 0.354 e. The number of carboxylic acids is 1. The van der Waals surface area contributed by atoms with Crippen molar-refractivity contribution in [1.82, 2.24) is 19.7 Å². The standard InChI is InChI=1S/C19H15N5O2/c1-20-13-5-6-14(15(9-13)18-23-21-10-24(18)2)12-7-16(11-3-4-11)22-17(8-12)19(25)26/h5-11H,3-4H2,2H3,(H,25,26). The van der Waals surface area contributed by atoms with Gasteiger partial charge in [0.15, 0.2) is 11.5 Å². The molecule has 1 aliphatic rings. The molecule has 3 aromatic rings. The average Bonchev–Trinajstić information content (AvgIpc) is 3.42. The number of hydrogen-bond acceptors (Lipinski definition) is 4. The molecule has 0 radical (unpaired) electrons. The van der Waals surface area contributed by atoms with Gasteiger partial charge in [0.1, 0.15) is 12.0 Å². The Morgan fingerprint density at radius 3 is 2.69 bits per heavy atom. The van der Waals surface area contributed by atoms with E-state index in [9.17, 15) is 9.90 Å². The van der Waals surface area contributed by atoms with Crippen molar-refractivity contribution in [3.05, 3.63) is 59.5 Å². The summed E-state index contributed by atoms with van der Waals surface area (Å²) >= 11 is 0. The van der Waals surface area contributed by atoms with Crippen molar-refractivity contribution in [2.75, 3.05) is 0 Å². The molecule has 1 fully saturated rings. The minimum absolute atomic E-state index is 0.0302. The van der Waals surface area contributed by atoms with Gasteiger partial charge in [-0.1, -0.05) is 12.1 Å². The topological polar surface area (TPSA) is 85.3 Å². The number of aromatic nitrogens is 4. The largest absolute Gasteiger partial charge is 0.477 e. The highest BCUT2D eigenvalue weighted by Gasteiger charge is 2.27. The molecule has 1 aliphatic carbocycles. The average molecular weight is 345 g/mol. The Morgan fingerprint density at radius 2 is 2.08 bits per heavy atom. The number of nitrogens with zero attached hydrogens (tertiary/aromatic N) is 5. The number of aryl methyl sites for hydroxylation is 1. The summed E-state index contributed by atoms with van der Waals surface area (Å²) in [6.07, 6.45) is 3.65. The first kappa shape index (κ1) is 16.0. The van der Waals surface area contributed by atoms with Crippen LogP contribution in [0.25, 0.3) is 27.4 Å². The zero-order valence-corrected chi connectivity index (χ0v) is 14.0. The zero-order chi connectivity index (χ0) is 18.3. The van der Waals surface area contributed by atoms with Gasteiger partial charge in [-0.05, 0) is 42.2 Å². The molecule has 0 atom stereocenters. The molecule has 0 spiro atoms. The van der Waals surface area contributed by atoms with E-state index >= 15 is 0 Å². The molecule has 128 valence electrons. The van der Waals surface area contributed by atoms with Crippen LogP contribution in [0.15, 0.2) is 36.7 Å². The van der Waals surface area contributed by atoms with Crippen LogP contribution in [0.3, 0.4) is 0 Å². The van der Waals surface area contributed by atoms with Gasteiger partial charge in [0.05, 0.1) is 6.57 Å². The number of pyridine rings is 1. The van der Waals surface area contributed by atoms with Crippen LogP contribution in [0.1, 0.15) is 34.9 Å². The molecular weight excluding hydrogens is 330 g/mol. The third-order valence-electron chi connectivity index (χ3n) is 4.46. The first-order valence-corrected chi connectivity index (χ1v) is 8.18. The van der Waals surface area contributed by atoms with Crippen LogP contribution in [-0.2, 0) is 7.05 Å². The lowest BCUT2D eigenvalue weighted by Gasteiger charge is -2.12. The molecule has 0 bridgehead atoms. The molecule has 0 saturated heterocycles. The quantitative estimate of drug-likeness (QED) is 0.729. The molecule has 1 N–H and O–H groups in total. The van der Waals surface area contributed by atoms with Crippen molar-refractivity contribution in [3.8, 4) is 22.5 Å². The van der Waals surface area contributed by atoms with Gasteiger partial charge in [0.2, 0.25) is 0 Å². The minimum Gasteiger partial charge on any atom is -0.477 e. The highest BCUT2D eigenvalue weighted by Crippen LogP contribution is 2.41. The Hall–Kier alpha value is -3.53. The second-order valence-corrected chi connectivity index (χ2v) is 6.35. The summed E-state index contributed by atoms with van der Waals surface area (Å²) in [5.41, 5.74) is 3.62. The van der Waals surface area contributed by atoms with Crippen LogP contribution < -0.4 is 0 Å². The monoisotopic (exact) mass is 345 g/mol. The van der Waals surface area contributed by atoms with Crippen molar-refractivity contribution < 1.29 is 9.90 Å². The third-order valence-corrected chi connectivity index (χ3v) is 4.46. The molecule has 26 heavy (non-hydrogen) atoms. The highest BCUT2D eigenvalue weighted by atomic mass is 16.4. The summed E-state index contributed by atoms with van der Waals surface area (Å²) in [7, 11) is 1.83. The predicted molar refractivity (Wildman–Crippen MR) is 94.9 cm³/mol. The lowest BCUT2D eigenvalue weighted by atomic mass is 9.97. The van der Waals surface area contributed by atoms with E-state index in [2.05, 4.69) is 20.0 Å². The van der Waals surface area contributed by atoms with Gasteiger partial charge in [0, 0.05) is 24.2 Å². The van der Waals surface area contributed by atoms with Crippen LogP contribution in [0, 0.1) is 6.57 Å². The summed E-state index contributed by atoms with van der Waals surface area (Å²) in [4.78, 5) is 19.3. The van der Waals surface area contributed by atoms with Gasteiger partial charge >= 0.3 is 5.97 Å². The SMILES string of the molecule is [C-]#[N+]c1ccc(-c2cc(C(=O)O)nc(C3CC3)c2)c(-c2nncn2C)c1. The van der Waals surface area contributed by atoms with Crippen LogP contribution >= 0.6 is 0 Å². The van der Waals surface area contributed by atoms with Crippen molar-refractivity contribution in [3.63, 3.8) is 0 Å². The van der Waals surface area contributed by atoms with Gasteiger partial charge in [0.25, 0.3) is 0 Å². The zero-order valence-electron chi connectivity index (χ0n) is 14.0. The molecule has 2 heterocycles. The van der Waals surface area contributed by atoms with E-state index in [0.29, 0.717) is 17.4 Å². The van der Waals surface area contributed by atoms with E-state index in [1.165, 1.54) is 0 Å². The number of benzene rings is 1. The van der Waals surface area contributed by atoms with E-state index < -0.39 is 5.97 Å². The Morgan fingerprint density at radius 1 is 1.27 bits per heavy atom. The summed E-state index contributed by atoms with van der Waals surface area (Å²) in [5.74, 6) is -0.104. The van der Waals surface area contributed by atoms with Gasteiger partial charge in [-0.2, -0.15) is 0 Å². The lowest BCUT2D eigenvalue weighted by molar-refractivity contribution is 0.0690. The highest BCUT2D eigenvalue weighted by molar-refractivity contribution is 5.90. The van der Waals surface area contributed by atoms with Crippen LogP contribution in [0.5, 0.6) is 0 Å². The van der Waals surface area contributed by atoms with Crippen molar-refractivity contribution >= 4 is 11.7 Å². The number of hydrogen-bond donors (Lipinski definition) is 1. The molecule has 1 aromatic carbocycles. The molecule has 2 aromatic heterocycles. The van der Waals surface area contributed by atoms with Gasteiger partial charge in [-0.15, -0.1) is 10.2 Å². The normalized spacial score (nSPS) is 13.4. The van der Waals surface area contributed by atoms with Crippen LogP contribution in [0.2, 0.25) is 0 Å². The molecule has 0 unspecified atom stereocenters. The van der Waals surface area contributed by atoms with E-state index in [1.807, 2.05) is 19.2 Å². The van der Waals surface area contributed by atoms with Crippen molar-refractivity contribution in [2.45, 2.75) is 18.8 Å². The van der Waals surface area contributed by atoms with Gasteiger partial charge in [-0.25, -0.2) is 14.6 Å². The first-order valence-electron chi connectivity index (χ1n) is 8.18. The fraction of sp³-hybridized carbons (Fsp3) is 0.211. The van der Waals surface area contributed by atoms with Crippen LogP contribution in [-0.4, -0.2) is 30.8 Å². The predicted octanol–water partition coefficient (Wildman–Crippen LogP) is 3.67. The van der Waals surface area contributed by atoms with Crippen molar-refractivity contribution in [1.29, 1.82) is 0 Å². The van der Waals surface area contributed by atoms with E-state index in [0.717, 1.165) is 35.2 Å². The van der Waals surface area contributed by atoms with Crippen molar-refractivity contribution in [2.24, 2.45) is 7.05 Å². The molecule has 1 saturated carbocycles.